The summed E-state index contributed by atoms with van der Waals surface area (Å²) in [5, 5.41) is 14.1. The highest BCUT2D eigenvalue weighted by molar-refractivity contribution is 6.37. The second-order valence-electron chi connectivity index (χ2n) is 7.05. The molecule has 1 heterocycles. The predicted octanol–water partition coefficient (Wildman–Crippen LogP) is 3.73. The second-order valence-corrected chi connectivity index (χ2v) is 7.05. The van der Waals surface area contributed by atoms with Crippen LogP contribution < -0.4 is 16.4 Å². The van der Waals surface area contributed by atoms with Crippen molar-refractivity contribution in [1.82, 2.24) is 9.97 Å². The second kappa shape index (κ2) is 9.15. The molecule has 0 aliphatic rings. The maximum atomic E-state index is 11.8. The first-order chi connectivity index (χ1) is 16.0. The number of ether oxygens (including phenoxy) is 1. The van der Waals surface area contributed by atoms with E-state index in [9.17, 15) is 9.59 Å². The van der Waals surface area contributed by atoms with Crippen LogP contribution in [-0.4, -0.2) is 35.2 Å². The largest absolute Gasteiger partial charge is 0.462 e. The molecule has 4 rings (SSSR count). The number of methoxy groups -OCH3 is 1. The summed E-state index contributed by atoms with van der Waals surface area (Å²) in [6.45, 7) is 0. The van der Waals surface area contributed by atoms with Gasteiger partial charge in [-0.25, -0.2) is 14.8 Å². The van der Waals surface area contributed by atoms with Gasteiger partial charge in [0.2, 0.25) is 0 Å². The van der Waals surface area contributed by atoms with Gasteiger partial charge in [-0.15, -0.1) is 0 Å². The number of rotatable bonds is 5. The van der Waals surface area contributed by atoms with Crippen molar-refractivity contribution in [3.8, 4) is 11.4 Å². The number of anilines is 4. The van der Waals surface area contributed by atoms with Crippen LogP contribution in [-0.2, 0) is 14.3 Å². The Hall–Kier alpha value is -4.79. The van der Waals surface area contributed by atoms with E-state index >= 15 is 0 Å². The van der Waals surface area contributed by atoms with E-state index in [1.807, 2.05) is 30.3 Å². The molecule has 0 aliphatic carbocycles. The number of carbonyl (C=O) groups excluding carboxylic acids is 2. The Balaban J connectivity index is 1.74. The number of aromatic nitrogens is 2. The van der Waals surface area contributed by atoms with Gasteiger partial charge in [-0.1, -0.05) is 24.3 Å². The van der Waals surface area contributed by atoms with Crippen LogP contribution in [0.15, 0.2) is 66.7 Å². The number of esters is 1. The van der Waals surface area contributed by atoms with Gasteiger partial charge in [0.1, 0.15) is 5.82 Å². The standard InChI is InChI=1S/C24H20N6O3/c1-33-24(32)23(31)28-16-6-4-5-14(11-16)21-29-20-8-3-2-7-18(20)22(30-21)27-17-9-10-19(26)15(12-17)13-25/h2-13,25H,26H2,1H3,(H,28,31)(H,27,29,30). The summed E-state index contributed by atoms with van der Waals surface area (Å²) < 4.78 is 4.44. The summed E-state index contributed by atoms with van der Waals surface area (Å²) in [7, 11) is 1.14. The zero-order valence-electron chi connectivity index (χ0n) is 17.6. The Morgan fingerprint density at radius 3 is 2.61 bits per heavy atom. The zero-order chi connectivity index (χ0) is 23.4. The van der Waals surface area contributed by atoms with Gasteiger partial charge in [0, 0.05) is 39.8 Å². The fraction of sp³-hybridized carbons (Fsp3) is 0.0417. The number of para-hydroxylation sites is 1. The van der Waals surface area contributed by atoms with E-state index in [2.05, 4.69) is 20.4 Å². The fourth-order valence-corrected chi connectivity index (χ4v) is 3.23. The van der Waals surface area contributed by atoms with Crippen molar-refractivity contribution >= 4 is 51.9 Å². The third-order valence-corrected chi connectivity index (χ3v) is 4.86. The Morgan fingerprint density at radius 1 is 1.00 bits per heavy atom. The van der Waals surface area contributed by atoms with E-state index in [0.29, 0.717) is 34.1 Å². The molecule has 4 aromatic rings. The molecule has 1 amide bonds. The number of carbonyl (C=O) groups is 2. The first kappa shape index (κ1) is 21.4. The number of fused-ring (bicyclic) bond motifs is 1. The summed E-state index contributed by atoms with van der Waals surface area (Å²) in [4.78, 5) is 32.6. The van der Waals surface area contributed by atoms with Crippen molar-refractivity contribution in [2.24, 2.45) is 0 Å². The van der Waals surface area contributed by atoms with Crippen molar-refractivity contribution in [3.63, 3.8) is 0 Å². The molecule has 0 saturated heterocycles. The number of nitrogens with one attached hydrogen (secondary N) is 3. The average Bonchev–Trinajstić information content (AvgIpc) is 2.84. The lowest BCUT2D eigenvalue weighted by atomic mass is 10.1. The van der Waals surface area contributed by atoms with E-state index in [1.165, 1.54) is 6.21 Å². The Labute approximate surface area is 189 Å². The predicted molar refractivity (Wildman–Crippen MR) is 128 cm³/mol. The third kappa shape index (κ3) is 4.62. The zero-order valence-corrected chi connectivity index (χ0v) is 17.6. The van der Waals surface area contributed by atoms with E-state index in [-0.39, 0.29) is 0 Å². The Bertz CT molecular complexity index is 1390. The molecular weight excluding hydrogens is 420 g/mol. The van der Waals surface area contributed by atoms with Gasteiger partial charge in [0.05, 0.1) is 12.6 Å². The van der Waals surface area contributed by atoms with Gasteiger partial charge in [-0.2, -0.15) is 0 Å². The van der Waals surface area contributed by atoms with E-state index in [1.54, 1.807) is 36.4 Å². The molecule has 164 valence electrons. The lowest BCUT2D eigenvalue weighted by molar-refractivity contribution is -0.150. The Morgan fingerprint density at radius 2 is 1.82 bits per heavy atom. The minimum absolute atomic E-state index is 0.406. The summed E-state index contributed by atoms with van der Waals surface area (Å²) in [5.74, 6) is -0.864. The van der Waals surface area contributed by atoms with E-state index in [0.717, 1.165) is 23.7 Å². The van der Waals surface area contributed by atoms with Crippen molar-refractivity contribution < 1.29 is 14.3 Å². The molecule has 0 spiro atoms. The minimum atomic E-state index is -0.985. The molecule has 9 nitrogen and oxygen atoms in total. The number of hydrogen-bond donors (Lipinski definition) is 4. The smallest absolute Gasteiger partial charge is 0.396 e. The molecule has 0 fully saturated rings. The summed E-state index contributed by atoms with van der Waals surface area (Å²) in [6, 6.07) is 19.7. The molecule has 3 aromatic carbocycles. The van der Waals surface area contributed by atoms with Crippen LogP contribution in [0.1, 0.15) is 5.56 Å². The fourth-order valence-electron chi connectivity index (χ4n) is 3.23. The van der Waals surface area contributed by atoms with E-state index < -0.39 is 11.9 Å². The van der Waals surface area contributed by atoms with Crippen molar-refractivity contribution in [2.45, 2.75) is 0 Å². The van der Waals surface area contributed by atoms with Crippen LogP contribution in [0.25, 0.3) is 22.3 Å². The monoisotopic (exact) mass is 440 g/mol. The molecule has 0 atom stereocenters. The highest BCUT2D eigenvalue weighted by Gasteiger charge is 2.15. The lowest BCUT2D eigenvalue weighted by Crippen LogP contribution is -2.23. The van der Waals surface area contributed by atoms with Crippen LogP contribution in [0.5, 0.6) is 0 Å². The molecule has 0 saturated carbocycles. The lowest BCUT2D eigenvalue weighted by Gasteiger charge is -2.13. The quantitative estimate of drug-likeness (QED) is 0.160. The molecule has 0 unspecified atom stereocenters. The van der Waals surface area contributed by atoms with E-state index in [4.69, 9.17) is 16.1 Å². The number of nitrogen functional groups attached to an aromatic ring is 1. The first-order valence-corrected chi connectivity index (χ1v) is 9.92. The maximum absolute atomic E-state index is 11.8. The highest BCUT2D eigenvalue weighted by Crippen LogP contribution is 2.29. The number of amides is 1. The molecular formula is C24H20N6O3. The summed E-state index contributed by atoms with van der Waals surface area (Å²) in [6.07, 6.45) is 1.19. The molecule has 0 radical (unpaired) electrons. The topological polar surface area (TPSA) is 143 Å². The van der Waals surface area contributed by atoms with Crippen LogP contribution in [0.4, 0.5) is 22.9 Å². The van der Waals surface area contributed by atoms with Crippen LogP contribution in [0.3, 0.4) is 0 Å². The maximum Gasteiger partial charge on any atom is 0.396 e. The summed E-state index contributed by atoms with van der Waals surface area (Å²) >= 11 is 0. The van der Waals surface area contributed by atoms with Gasteiger partial charge in [-0.3, -0.25) is 4.79 Å². The normalized spacial score (nSPS) is 10.5. The number of nitrogens with zero attached hydrogens (tertiary/aromatic N) is 2. The summed E-state index contributed by atoms with van der Waals surface area (Å²) in [5.41, 5.74) is 9.48. The van der Waals surface area contributed by atoms with Gasteiger partial charge in [0.25, 0.3) is 0 Å². The van der Waals surface area contributed by atoms with Gasteiger partial charge in [-0.05, 0) is 42.5 Å². The van der Waals surface area contributed by atoms with Crippen LogP contribution in [0.2, 0.25) is 0 Å². The van der Waals surface area contributed by atoms with Crippen LogP contribution in [0, 0.1) is 5.41 Å². The molecule has 0 aliphatic heterocycles. The number of hydrogen-bond acceptors (Lipinski definition) is 8. The van der Waals surface area contributed by atoms with Crippen LogP contribution >= 0.6 is 0 Å². The van der Waals surface area contributed by atoms with Crippen molar-refractivity contribution in [2.75, 3.05) is 23.5 Å². The van der Waals surface area contributed by atoms with Crippen molar-refractivity contribution in [1.29, 1.82) is 5.41 Å². The molecule has 0 bridgehead atoms. The van der Waals surface area contributed by atoms with Crippen molar-refractivity contribution in [3.05, 3.63) is 72.3 Å². The third-order valence-electron chi connectivity index (χ3n) is 4.86. The molecule has 1 aromatic heterocycles. The number of nitrogens with two attached hydrogens (primary N) is 1. The average molecular weight is 440 g/mol. The Kier molecular flexibility index (Phi) is 5.94. The number of benzene rings is 3. The molecule has 33 heavy (non-hydrogen) atoms. The van der Waals surface area contributed by atoms with Gasteiger partial charge >= 0.3 is 11.9 Å². The van der Waals surface area contributed by atoms with Gasteiger partial charge in [0.15, 0.2) is 5.82 Å². The molecule has 5 N–H and O–H groups in total. The minimum Gasteiger partial charge on any atom is -0.462 e. The first-order valence-electron chi connectivity index (χ1n) is 9.92. The SMILES string of the molecule is COC(=O)C(=O)Nc1cccc(-c2nc(Nc3ccc(N)c(C=N)c3)c3ccccc3n2)c1. The van der Waals surface area contributed by atoms with Gasteiger partial charge < -0.3 is 26.5 Å². The highest BCUT2D eigenvalue weighted by atomic mass is 16.5. The molecule has 9 heteroatoms.